The number of morpholine rings is 1. The van der Waals surface area contributed by atoms with Crippen LogP contribution in [0.15, 0.2) is 42.6 Å². The lowest BCUT2D eigenvalue weighted by Crippen LogP contribution is -2.46. The van der Waals surface area contributed by atoms with E-state index < -0.39 is 35.6 Å². The summed E-state index contributed by atoms with van der Waals surface area (Å²) in [5.74, 6) is 0.543. The molecule has 0 radical (unpaired) electrons. The van der Waals surface area contributed by atoms with Crippen LogP contribution in [0.25, 0.3) is 0 Å². The molecule has 2 atom stereocenters. The first-order chi connectivity index (χ1) is 22.3. The SMILES string of the molecule is CCOC(=O)N1c2ccc(OC)nc2[C@@H](Nc2ncc(N3CCOCC3)cc2Cc2cc(C(F)(F)F)cc(C(F)(F)F)c2)C[C@H]1CC. The number of nitrogens with one attached hydrogen (secondary N) is 1. The summed E-state index contributed by atoms with van der Waals surface area (Å²) in [4.78, 5) is 25.8. The number of pyridine rings is 2. The predicted molar refractivity (Wildman–Crippen MR) is 162 cm³/mol. The van der Waals surface area contributed by atoms with Crippen molar-refractivity contribution in [3.63, 3.8) is 0 Å². The molecule has 5 rings (SSSR count). The highest BCUT2D eigenvalue weighted by molar-refractivity contribution is 5.90. The fraction of sp³-hybridized carbons (Fsp3) is 0.469. The number of alkyl halides is 6. The number of amides is 1. The van der Waals surface area contributed by atoms with Gasteiger partial charge in [-0.3, -0.25) is 4.90 Å². The van der Waals surface area contributed by atoms with E-state index in [1.54, 1.807) is 36.2 Å². The molecule has 4 heterocycles. The maximum atomic E-state index is 13.7. The number of aromatic nitrogens is 2. The van der Waals surface area contributed by atoms with Gasteiger partial charge in [0.1, 0.15) is 5.82 Å². The average Bonchev–Trinajstić information content (AvgIpc) is 3.04. The molecule has 47 heavy (non-hydrogen) atoms. The normalized spacial score (nSPS) is 18.5. The van der Waals surface area contributed by atoms with Crippen molar-refractivity contribution < 1.29 is 45.3 Å². The fourth-order valence-electron chi connectivity index (χ4n) is 5.89. The van der Waals surface area contributed by atoms with Crippen LogP contribution in [0, 0.1) is 0 Å². The zero-order valence-corrected chi connectivity index (χ0v) is 26.0. The number of anilines is 3. The van der Waals surface area contributed by atoms with Crippen molar-refractivity contribution in [2.45, 2.75) is 57.5 Å². The van der Waals surface area contributed by atoms with Crippen LogP contribution in [-0.4, -0.2) is 62.1 Å². The Hall–Kier alpha value is -4.27. The molecule has 2 aliphatic heterocycles. The molecule has 1 N–H and O–H groups in total. The molecule has 1 aromatic carbocycles. The van der Waals surface area contributed by atoms with Crippen LogP contribution in [0.2, 0.25) is 0 Å². The Morgan fingerprint density at radius 2 is 1.70 bits per heavy atom. The van der Waals surface area contributed by atoms with Gasteiger partial charge in [-0.05, 0) is 55.7 Å². The summed E-state index contributed by atoms with van der Waals surface area (Å²) in [6, 6.07) is 5.74. The van der Waals surface area contributed by atoms with Crippen LogP contribution >= 0.6 is 0 Å². The third-order valence-electron chi connectivity index (χ3n) is 8.17. The Morgan fingerprint density at radius 3 is 2.30 bits per heavy atom. The van der Waals surface area contributed by atoms with Gasteiger partial charge in [0.25, 0.3) is 0 Å². The van der Waals surface area contributed by atoms with Crippen molar-refractivity contribution in [2.75, 3.05) is 55.1 Å². The van der Waals surface area contributed by atoms with Gasteiger partial charge in [0, 0.05) is 37.2 Å². The first kappa shape index (κ1) is 34.1. The number of ether oxygens (including phenoxy) is 3. The molecule has 9 nitrogen and oxygen atoms in total. The zero-order valence-electron chi connectivity index (χ0n) is 26.0. The van der Waals surface area contributed by atoms with E-state index in [0.717, 1.165) is 12.1 Å². The number of nitrogens with zero attached hydrogens (tertiary/aromatic N) is 4. The van der Waals surface area contributed by atoms with Crippen molar-refractivity contribution in [1.82, 2.24) is 9.97 Å². The van der Waals surface area contributed by atoms with E-state index in [9.17, 15) is 31.1 Å². The summed E-state index contributed by atoms with van der Waals surface area (Å²) >= 11 is 0. The topological polar surface area (TPSA) is 89.0 Å². The monoisotopic (exact) mass is 667 g/mol. The summed E-state index contributed by atoms with van der Waals surface area (Å²) < 4.78 is 98.4. The number of benzene rings is 1. The number of rotatable bonds is 8. The van der Waals surface area contributed by atoms with E-state index in [1.807, 2.05) is 11.8 Å². The standard InChI is InChI=1S/C32H35F6N5O4/c1-4-23-17-25(28-26(6-7-27(41-28)45-3)43(23)30(44)47-5-2)40-29-20(15-24(18-39-29)42-8-10-46-11-9-42)12-19-13-21(31(33,34)35)16-22(14-19)32(36,37)38/h6-7,13-16,18,23,25H,4-5,8-12,17H2,1-3H3,(H,39,40)/t23-,25+/m1/s1. The van der Waals surface area contributed by atoms with E-state index in [1.165, 1.54) is 7.11 Å². The van der Waals surface area contributed by atoms with Crippen molar-refractivity contribution in [3.05, 3.63) is 70.5 Å². The molecule has 254 valence electrons. The number of methoxy groups -OCH3 is 1. The Bertz CT molecular complexity index is 1550. The van der Waals surface area contributed by atoms with Gasteiger partial charge < -0.3 is 24.4 Å². The van der Waals surface area contributed by atoms with Crippen LogP contribution in [0.3, 0.4) is 0 Å². The van der Waals surface area contributed by atoms with Gasteiger partial charge in [-0.25, -0.2) is 14.8 Å². The van der Waals surface area contributed by atoms with Crippen LogP contribution in [0.4, 0.5) is 48.3 Å². The maximum absolute atomic E-state index is 13.7. The van der Waals surface area contributed by atoms with Gasteiger partial charge >= 0.3 is 18.4 Å². The molecule has 0 spiro atoms. The molecule has 0 unspecified atom stereocenters. The number of hydrogen-bond acceptors (Lipinski definition) is 8. The van der Waals surface area contributed by atoms with Gasteiger partial charge in [0.05, 0.1) is 67.4 Å². The van der Waals surface area contributed by atoms with Gasteiger partial charge in [-0.2, -0.15) is 26.3 Å². The number of fused-ring (bicyclic) bond motifs is 1. The molecule has 15 heteroatoms. The fourth-order valence-corrected chi connectivity index (χ4v) is 5.89. The molecule has 0 aliphatic carbocycles. The first-order valence-corrected chi connectivity index (χ1v) is 15.2. The zero-order chi connectivity index (χ0) is 33.9. The van der Waals surface area contributed by atoms with Crippen molar-refractivity contribution in [1.29, 1.82) is 0 Å². The molecule has 3 aromatic rings. The minimum atomic E-state index is -4.98. The number of halogens is 6. The van der Waals surface area contributed by atoms with Crippen LogP contribution in [-0.2, 0) is 28.2 Å². The molecule has 2 aromatic heterocycles. The van der Waals surface area contributed by atoms with Gasteiger partial charge in [0.2, 0.25) is 5.88 Å². The highest BCUT2D eigenvalue weighted by atomic mass is 19.4. The van der Waals surface area contributed by atoms with Crippen LogP contribution in [0.1, 0.15) is 60.7 Å². The average molecular weight is 668 g/mol. The molecule has 0 bridgehead atoms. The third kappa shape index (κ3) is 7.66. The molecule has 1 amide bonds. The minimum absolute atomic E-state index is 0.114. The van der Waals surface area contributed by atoms with Crippen LogP contribution in [0.5, 0.6) is 5.88 Å². The molecule has 2 aliphatic rings. The number of hydrogen-bond donors (Lipinski definition) is 1. The van der Waals surface area contributed by atoms with E-state index in [0.29, 0.717) is 61.8 Å². The van der Waals surface area contributed by atoms with E-state index in [4.69, 9.17) is 14.2 Å². The van der Waals surface area contributed by atoms with Gasteiger partial charge in [-0.15, -0.1) is 0 Å². The van der Waals surface area contributed by atoms with E-state index in [2.05, 4.69) is 15.3 Å². The minimum Gasteiger partial charge on any atom is -0.481 e. The third-order valence-corrected chi connectivity index (χ3v) is 8.17. The molecule has 1 fully saturated rings. The van der Waals surface area contributed by atoms with E-state index in [-0.39, 0.29) is 42.4 Å². The lowest BCUT2D eigenvalue weighted by molar-refractivity contribution is -0.143. The second-order valence-corrected chi connectivity index (χ2v) is 11.2. The summed E-state index contributed by atoms with van der Waals surface area (Å²) in [5.41, 5.74) is -0.996. The number of carbonyl (C=O) groups excluding carboxylic acids is 1. The second kappa shape index (κ2) is 13.8. The Morgan fingerprint density at radius 1 is 1.02 bits per heavy atom. The van der Waals surface area contributed by atoms with Crippen molar-refractivity contribution in [2.24, 2.45) is 0 Å². The number of carbonyl (C=O) groups is 1. The molecular formula is C32H35F6N5O4. The molecule has 0 saturated carbocycles. The summed E-state index contributed by atoms with van der Waals surface area (Å²) in [6.45, 7) is 5.79. The van der Waals surface area contributed by atoms with Crippen molar-refractivity contribution in [3.8, 4) is 5.88 Å². The largest absolute Gasteiger partial charge is 0.481 e. The second-order valence-electron chi connectivity index (χ2n) is 11.2. The Kier molecular flexibility index (Phi) is 10.0. The predicted octanol–water partition coefficient (Wildman–Crippen LogP) is 7.25. The summed E-state index contributed by atoms with van der Waals surface area (Å²) in [6.07, 6.45) is -8.26. The summed E-state index contributed by atoms with van der Waals surface area (Å²) in [5, 5.41) is 3.36. The lowest BCUT2D eigenvalue weighted by atomic mass is 9.93. The molecular weight excluding hydrogens is 632 g/mol. The van der Waals surface area contributed by atoms with Gasteiger partial charge in [-0.1, -0.05) is 6.92 Å². The smallest absolute Gasteiger partial charge is 0.416 e. The first-order valence-electron chi connectivity index (χ1n) is 15.2. The molecule has 1 saturated heterocycles. The lowest BCUT2D eigenvalue weighted by Gasteiger charge is -2.39. The van der Waals surface area contributed by atoms with Gasteiger partial charge in [0.15, 0.2) is 0 Å². The van der Waals surface area contributed by atoms with E-state index >= 15 is 0 Å². The van der Waals surface area contributed by atoms with Crippen molar-refractivity contribution >= 4 is 23.3 Å². The Labute approximate surface area is 267 Å². The highest BCUT2D eigenvalue weighted by Crippen LogP contribution is 2.42. The Balaban J connectivity index is 1.59. The highest BCUT2D eigenvalue weighted by Gasteiger charge is 2.39. The summed E-state index contributed by atoms with van der Waals surface area (Å²) in [7, 11) is 1.45. The maximum Gasteiger partial charge on any atom is 0.416 e. The quantitative estimate of drug-likeness (QED) is 0.252. The van der Waals surface area contributed by atoms with Crippen LogP contribution < -0.4 is 19.9 Å².